The van der Waals surface area contributed by atoms with E-state index in [1.165, 1.54) is 35.6 Å². The molecule has 6 nitrogen and oxygen atoms in total. The molecule has 0 spiro atoms. The van der Waals surface area contributed by atoms with Crippen LogP contribution in [0.2, 0.25) is 10.3 Å². The normalized spacial score (nSPS) is 10.7. The number of benzene rings is 1. The van der Waals surface area contributed by atoms with Gasteiger partial charge in [0.05, 0.1) is 15.8 Å². The minimum atomic E-state index is -1.02. The van der Waals surface area contributed by atoms with Crippen LogP contribution in [0.25, 0.3) is 10.2 Å². The molecule has 2 aromatic heterocycles. The summed E-state index contributed by atoms with van der Waals surface area (Å²) >= 11 is 12.7. The lowest BCUT2D eigenvalue weighted by atomic mass is 10.2. The van der Waals surface area contributed by atoms with Crippen LogP contribution in [0.1, 0.15) is 20.7 Å². The number of amides is 1. The Morgan fingerprint density at radius 2 is 1.74 bits per heavy atom. The monoisotopic (exact) mass is 367 g/mol. The SMILES string of the molecule is O=C(O)c1ccc2nc(NC(=O)c3cc(Cl)nc(Cl)c3)sc2c1. The fourth-order valence-corrected chi connectivity index (χ4v) is 3.24. The number of rotatable bonds is 3. The second-order valence-electron chi connectivity index (χ2n) is 4.46. The Kier molecular flexibility index (Phi) is 4.16. The van der Waals surface area contributed by atoms with Gasteiger partial charge in [-0.2, -0.15) is 0 Å². The van der Waals surface area contributed by atoms with Crippen molar-refractivity contribution < 1.29 is 14.7 Å². The molecule has 0 unspecified atom stereocenters. The lowest BCUT2D eigenvalue weighted by molar-refractivity contribution is 0.0697. The first-order valence-corrected chi connectivity index (χ1v) is 7.78. The molecule has 1 aromatic carbocycles. The number of nitrogens with zero attached hydrogens (tertiary/aromatic N) is 2. The first kappa shape index (κ1) is 15.7. The Balaban J connectivity index is 1.88. The van der Waals surface area contributed by atoms with Gasteiger partial charge in [0.25, 0.3) is 5.91 Å². The molecular weight excluding hydrogens is 361 g/mol. The first-order chi connectivity index (χ1) is 10.9. The van der Waals surface area contributed by atoms with Crippen LogP contribution in [-0.4, -0.2) is 27.0 Å². The van der Waals surface area contributed by atoms with Crippen LogP contribution < -0.4 is 5.32 Å². The summed E-state index contributed by atoms with van der Waals surface area (Å²) in [6.07, 6.45) is 0. The van der Waals surface area contributed by atoms with Crippen LogP contribution in [0, 0.1) is 0 Å². The van der Waals surface area contributed by atoms with E-state index >= 15 is 0 Å². The molecule has 0 atom stereocenters. The maximum Gasteiger partial charge on any atom is 0.335 e. The highest BCUT2D eigenvalue weighted by atomic mass is 35.5. The van der Waals surface area contributed by atoms with Gasteiger partial charge in [0.1, 0.15) is 10.3 Å². The zero-order chi connectivity index (χ0) is 16.6. The smallest absolute Gasteiger partial charge is 0.335 e. The van der Waals surface area contributed by atoms with Crippen molar-refractivity contribution in [3.8, 4) is 0 Å². The van der Waals surface area contributed by atoms with Gasteiger partial charge in [-0.15, -0.1) is 0 Å². The molecule has 0 aliphatic carbocycles. The van der Waals surface area contributed by atoms with Crippen LogP contribution in [0.3, 0.4) is 0 Å². The predicted molar refractivity (Wildman–Crippen MR) is 88.8 cm³/mol. The quantitative estimate of drug-likeness (QED) is 0.683. The van der Waals surface area contributed by atoms with E-state index in [0.29, 0.717) is 15.3 Å². The third-order valence-electron chi connectivity index (χ3n) is 2.88. The lowest BCUT2D eigenvalue weighted by Crippen LogP contribution is -2.11. The van der Waals surface area contributed by atoms with E-state index in [9.17, 15) is 9.59 Å². The maximum absolute atomic E-state index is 12.2. The van der Waals surface area contributed by atoms with Crippen LogP contribution in [-0.2, 0) is 0 Å². The highest BCUT2D eigenvalue weighted by molar-refractivity contribution is 7.22. The molecule has 0 saturated carbocycles. The summed E-state index contributed by atoms with van der Waals surface area (Å²) in [5, 5.41) is 12.2. The number of hydrogen-bond acceptors (Lipinski definition) is 5. The minimum absolute atomic E-state index is 0.109. The van der Waals surface area contributed by atoms with E-state index in [2.05, 4.69) is 15.3 Å². The average molecular weight is 368 g/mol. The minimum Gasteiger partial charge on any atom is -0.478 e. The Labute approximate surface area is 143 Å². The summed E-state index contributed by atoms with van der Waals surface area (Å²) in [5.74, 6) is -1.46. The van der Waals surface area contributed by atoms with E-state index in [0.717, 1.165) is 0 Å². The molecule has 3 aromatic rings. The number of nitrogens with one attached hydrogen (secondary N) is 1. The molecule has 0 radical (unpaired) electrons. The van der Waals surface area contributed by atoms with E-state index < -0.39 is 11.9 Å². The number of halogens is 2. The van der Waals surface area contributed by atoms with Crippen molar-refractivity contribution in [3.63, 3.8) is 0 Å². The molecular formula is C14H7Cl2N3O3S. The number of pyridine rings is 1. The fraction of sp³-hybridized carbons (Fsp3) is 0. The summed E-state index contributed by atoms with van der Waals surface area (Å²) in [6.45, 7) is 0. The number of aromatic nitrogens is 2. The second-order valence-corrected chi connectivity index (χ2v) is 6.27. The number of anilines is 1. The van der Waals surface area contributed by atoms with Gasteiger partial charge in [0, 0.05) is 5.56 Å². The van der Waals surface area contributed by atoms with Gasteiger partial charge in [-0.05, 0) is 30.3 Å². The third-order valence-corrected chi connectivity index (χ3v) is 4.20. The zero-order valence-electron chi connectivity index (χ0n) is 11.2. The number of carbonyl (C=O) groups excluding carboxylic acids is 1. The van der Waals surface area contributed by atoms with Crippen molar-refractivity contribution >= 4 is 61.8 Å². The summed E-state index contributed by atoms with van der Waals surface area (Å²) in [7, 11) is 0. The number of carboxylic acid groups (broad SMARTS) is 1. The number of thiazole rings is 1. The lowest BCUT2D eigenvalue weighted by Gasteiger charge is -2.02. The van der Waals surface area contributed by atoms with Crippen LogP contribution in [0.5, 0.6) is 0 Å². The van der Waals surface area contributed by atoms with E-state index in [4.69, 9.17) is 28.3 Å². The Hall–Kier alpha value is -2.22. The number of aromatic carboxylic acids is 1. The average Bonchev–Trinajstić information content (AvgIpc) is 2.87. The van der Waals surface area contributed by atoms with Gasteiger partial charge in [-0.3, -0.25) is 10.1 Å². The van der Waals surface area contributed by atoms with Gasteiger partial charge in [0.15, 0.2) is 5.13 Å². The molecule has 116 valence electrons. The molecule has 9 heteroatoms. The number of carbonyl (C=O) groups is 2. The maximum atomic E-state index is 12.2. The van der Waals surface area contributed by atoms with Gasteiger partial charge in [-0.25, -0.2) is 14.8 Å². The van der Waals surface area contributed by atoms with Crippen LogP contribution in [0.4, 0.5) is 5.13 Å². The second kappa shape index (κ2) is 6.11. The summed E-state index contributed by atoms with van der Waals surface area (Å²) in [5.41, 5.74) is 1.01. The Morgan fingerprint density at radius 3 is 2.39 bits per heavy atom. The van der Waals surface area contributed by atoms with Gasteiger partial charge in [0.2, 0.25) is 0 Å². The Bertz CT molecular complexity index is 922. The topological polar surface area (TPSA) is 92.2 Å². The summed E-state index contributed by atoms with van der Waals surface area (Å²) in [4.78, 5) is 31.2. The number of carboxylic acids is 1. The molecule has 3 rings (SSSR count). The predicted octanol–water partition coefficient (Wildman–Crippen LogP) is 3.95. The summed E-state index contributed by atoms with van der Waals surface area (Å²) < 4.78 is 0.658. The van der Waals surface area contributed by atoms with Gasteiger partial charge in [-0.1, -0.05) is 34.5 Å². The van der Waals surface area contributed by atoms with Crippen LogP contribution >= 0.6 is 34.5 Å². The highest BCUT2D eigenvalue weighted by Gasteiger charge is 2.13. The standard InChI is InChI=1S/C14H7Cl2N3O3S/c15-10-4-7(5-11(16)18-10)12(20)19-14-17-8-2-1-6(13(21)22)3-9(8)23-14/h1-5H,(H,21,22)(H,17,19,20). The molecule has 0 fully saturated rings. The zero-order valence-corrected chi connectivity index (χ0v) is 13.5. The van der Waals surface area contributed by atoms with Gasteiger partial charge >= 0.3 is 5.97 Å². The number of hydrogen-bond donors (Lipinski definition) is 2. The van der Waals surface area contributed by atoms with E-state index in [-0.39, 0.29) is 21.4 Å². The number of fused-ring (bicyclic) bond motifs is 1. The van der Waals surface area contributed by atoms with Crippen molar-refractivity contribution in [2.45, 2.75) is 0 Å². The largest absolute Gasteiger partial charge is 0.478 e. The molecule has 2 N–H and O–H groups in total. The molecule has 1 amide bonds. The fourth-order valence-electron chi connectivity index (χ4n) is 1.88. The van der Waals surface area contributed by atoms with Crippen molar-refractivity contribution in [2.75, 3.05) is 5.32 Å². The third kappa shape index (κ3) is 3.42. The van der Waals surface area contributed by atoms with Crippen LogP contribution in [0.15, 0.2) is 30.3 Å². The molecule has 0 bridgehead atoms. The molecule has 0 aliphatic rings. The van der Waals surface area contributed by atoms with Crippen molar-refractivity contribution in [2.24, 2.45) is 0 Å². The van der Waals surface area contributed by atoms with Crippen molar-refractivity contribution in [1.29, 1.82) is 0 Å². The van der Waals surface area contributed by atoms with E-state index in [1.54, 1.807) is 6.07 Å². The van der Waals surface area contributed by atoms with Crippen molar-refractivity contribution in [1.82, 2.24) is 9.97 Å². The van der Waals surface area contributed by atoms with Gasteiger partial charge < -0.3 is 5.11 Å². The summed E-state index contributed by atoms with van der Waals surface area (Å²) in [6, 6.07) is 7.33. The molecule has 0 saturated heterocycles. The molecule has 0 aliphatic heterocycles. The highest BCUT2D eigenvalue weighted by Crippen LogP contribution is 2.27. The Morgan fingerprint density at radius 1 is 1.04 bits per heavy atom. The van der Waals surface area contributed by atoms with E-state index in [1.807, 2.05) is 0 Å². The van der Waals surface area contributed by atoms with Crippen molar-refractivity contribution in [3.05, 3.63) is 51.8 Å². The molecule has 23 heavy (non-hydrogen) atoms. The molecule has 2 heterocycles. The first-order valence-electron chi connectivity index (χ1n) is 6.21.